The van der Waals surface area contributed by atoms with Crippen LogP contribution in [0.1, 0.15) is 26.3 Å². The molecule has 64 valence electrons. The number of phenols is 1. The third-order valence-corrected chi connectivity index (χ3v) is 1.73. The van der Waals surface area contributed by atoms with Crippen LogP contribution < -0.4 is 0 Å². The second-order valence-electron chi connectivity index (χ2n) is 3.80. The summed E-state index contributed by atoms with van der Waals surface area (Å²) in [6.45, 7) is 6.46. The summed E-state index contributed by atoms with van der Waals surface area (Å²) in [5.41, 5.74) is 1.42. The van der Waals surface area contributed by atoms with Crippen molar-refractivity contribution in [1.82, 2.24) is 0 Å². The molecular formula is C10H14OTi. The first-order chi connectivity index (χ1) is 5.00. The van der Waals surface area contributed by atoms with Gasteiger partial charge < -0.3 is 5.11 Å². The molecule has 0 aromatic heterocycles. The van der Waals surface area contributed by atoms with Crippen molar-refractivity contribution in [1.29, 1.82) is 0 Å². The summed E-state index contributed by atoms with van der Waals surface area (Å²) in [5, 5.41) is 9.02. The average Bonchev–Trinajstić information content (AvgIpc) is 1.86. The molecule has 0 aliphatic heterocycles. The van der Waals surface area contributed by atoms with Crippen LogP contribution in [0, 0.1) is 0 Å². The fourth-order valence-corrected chi connectivity index (χ4v) is 0.961. The van der Waals surface area contributed by atoms with Gasteiger partial charge in [0.1, 0.15) is 5.75 Å². The van der Waals surface area contributed by atoms with Crippen molar-refractivity contribution in [2.75, 3.05) is 0 Å². The third kappa shape index (κ3) is 3.00. The summed E-state index contributed by atoms with van der Waals surface area (Å²) in [6, 6.07) is 7.35. The summed E-state index contributed by atoms with van der Waals surface area (Å²) in [7, 11) is 0. The number of phenolic OH excluding ortho intramolecular Hbond substituents is 1. The molecule has 0 radical (unpaired) electrons. The van der Waals surface area contributed by atoms with Crippen LogP contribution in [0.2, 0.25) is 0 Å². The molecule has 0 aliphatic carbocycles. The van der Waals surface area contributed by atoms with Gasteiger partial charge in [0.15, 0.2) is 0 Å². The molecule has 2 heteroatoms. The van der Waals surface area contributed by atoms with Crippen molar-refractivity contribution in [2.24, 2.45) is 0 Å². The number of benzene rings is 1. The van der Waals surface area contributed by atoms with Gasteiger partial charge in [0.25, 0.3) is 0 Å². The van der Waals surface area contributed by atoms with Crippen LogP contribution in [0.5, 0.6) is 5.75 Å². The van der Waals surface area contributed by atoms with Crippen molar-refractivity contribution in [2.45, 2.75) is 26.2 Å². The summed E-state index contributed by atoms with van der Waals surface area (Å²) in [5.74, 6) is 0.331. The summed E-state index contributed by atoms with van der Waals surface area (Å²) in [6.07, 6.45) is 0. The minimum absolute atomic E-state index is 0. The molecule has 0 amide bonds. The van der Waals surface area contributed by atoms with E-state index in [4.69, 9.17) is 5.11 Å². The predicted octanol–water partition coefficient (Wildman–Crippen LogP) is 2.69. The Hall–Kier alpha value is -0.266. The second-order valence-corrected chi connectivity index (χ2v) is 3.80. The molecule has 1 aromatic rings. The van der Waals surface area contributed by atoms with Crippen molar-refractivity contribution < 1.29 is 26.8 Å². The van der Waals surface area contributed by atoms with Gasteiger partial charge in [-0.25, -0.2) is 0 Å². The van der Waals surface area contributed by atoms with Crippen molar-refractivity contribution >= 4 is 0 Å². The van der Waals surface area contributed by atoms with E-state index in [1.807, 2.05) is 12.1 Å². The smallest absolute Gasteiger partial charge is 0.115 e. The van der Waals surface area contributed by atoms with Gasteiger partial charge in [-0.3, -0.25) is 0 Å². The van der Waals surface area contributed by atoms with Crippen LogP contribution in [-0.2, 0) is 27.1 Å². The molecule has 1 nitrogen and oxygen atoms in total. The van der Waals surface area contributed by atoms with E-state index >= 15 is 0 Å². The fourth-order valence-electron chi connectivity index (χ4n) is 0.961. The van der Waals surface area contributed by atoms with Crippen LogP contribution >= 0.6 is 0 Å². The van der Waals surface area contributed by atoms with E-state index in [9.17, 15) is 0 Å². The summed E-state index contributed by atoms with van der Waals surface area (Å²) in [4.78, 5) is 0. The molecule has 0 fully saturated rings. The molecular weight excluding hydrogens is 184 g/mol. The van der Waals surface area contributed by atoms with Crippen LogP contribution in [-0.4, -0.2) is 5.11 Å². The maximum atomic E-state index is 9.02. The Morgan fingerprint density at radius 3 is 1.75 bits per heavy atom. The first kappa shape index (κ1) is 11.7. The number of hydrogen-bond acceptors (Lipinski definition) is 1. The molecule has 1 rings (SSSR count). The molecule has 0 bridgehead atoms. The van der Waals surface area contributed by atoms with Gasteiger partial charge in [-0.05, 0) is 23.1 Å². The van der Waals surface area contributed by atoms with Gasteiger partial charge in [-0.15, -0.1) is 0 Å². The van der Waals surface area contributed by atoms with Crippen LogP contribution in [0.25, 0.3) is 0 Å². The van der Waals surface area contributed by atoms with Gasteiger partial charge >= 0.3 is 0 Å². The quantitative estimate of drug-likeness (QED) is 0.635. The van der Waals surface area contributed by atoms with Crippen LogP contribution in [0.3, 0.4) is 0 Å². The van der Waals surface area contributed by atoms with E-state index in [1.165, 1.54) is 5.56 Å². The van der Waals surface area contributed by atoms with E-state index in [1.54, 1.807) is 12.1 Å². The number of hydrogen-bond donors (Lipinski definition) is 1. The van der Waals surface area contributed by atoms with E-state index < -0.39 is 0 Å². The number of aromatic hydroxyl groups is 1. The van der Waals surface area contributed by atoms with Gasteiger partial charge in [-0.2, -0.15) is 0 Å². The molecule has 0 saturated heterocycles. The van der Waals surface area contributed by atoms with Crippen molar-refractivity contribution in [3.8, 4) is 5.75 Å². The molecule has 12 heavy (non-hydrogen) atoms. The molecule has 1 N–H and O–H groups in total. The zero-order chi connectivity index (χ0) is 8.48. The Morgan fingerprint density at radius 2 is 1.42 bits per heavy atom. The summed E-state index contributed by atoms with van der Waals surface area (Å²) >= 11 is 0. The monoisotopic (exact) mass is 198 g/mol. The zero-order valence-electron chi connectivity index (χ0n) is 7.76. The van der Waals surface area contributed by atoms with E-state index in [0.717, 1.165) is 0 Å². The van der Waals surface area contributed by atoms with Gasteiger partial charge in [0, 0.05) is 21.7 Å². The molecule has 0 atom stereocenters. The second kappa shape index (κ2) is 4.11. The first-order valence-corrected chi connectivity index (χ1v) is 3.79. The van der Waals surface area contributed by atoms with Gasteiger partial charge in [0.2, 0.25) is 0 Å². The Kier molecular flexibility index (Phi) is 4.02. The minimum atomic E-state index is 0. The zero-order valence-corrected chi connectivity index (χ0v) is 9.32. The average molecular weight is 198 g/mol. The molecule has 0 heterocycles. The normalized spacial score (nSPS) is 10.6. The largest absolute Gasteiger partial charge is 0.508 e. The molecule has 0 saturated carbocycles. The Bertz CT molecular complexity index is 233. The Morgan fingerprint density at radius 1 is 1.00 bits per heavy atom. The SMILES string of the molecule is CC(C)(C)c1ccc(O)cc1.[Ti]. The third-order valence-electron chi connectivity index (χ3n) is 1.73. The van der Waals surface area contributed by atoms with Gasteiger partial charge in [0.05, 0.1) is 0 Å². The van der Waals surface area contributed by atoms with Crippen LogP contribution in [0.15, 0.2) is 24.3 Å². The van der Waals surface area contributed by atoms with E-state index in [2.05, 4.69) is 20.8 Å². The minimum Gasteiger partial charge on any atom is -0.508 e. The van der Waals surface area contributed by atoms with E-state index in [0.29, 0.717) is 5.75 Å². The summed E-state index contributed by atoms with van der Waals surface area (Å²) < 4.78 is 0. The molecule has 1 aromatic carbocycles. The Labute approximate surface area is 88.7 Å². The molecule has 0 unspecified atom stereocenters. The maximum absolute atomic E-state index is 9.02. The molecule has 0 spiro atoms. The molecule has 0 aliphatic rings. The maximum Gasteiger partial charge on any atom is 0.115 e. The van der Waals surface area contributed by atoms with E-state index in [-0.39, 0.29) is 27.1 Å². The number of rotatable bonds is 0. The van der Waals surface area contributed by atoms with Crippen molar-refractivity contribution in [3.05, 3.63) is 29.8 Å². The van der Waals surface area contributed by atoms with Crippen molar-refractivity contribution in [3.63, 3.8) is 0 Å². The Balaban J connectivity index is 0.00000121. The van der Waals surface area contributed by atoms with Gasteiger partial charge in [-0.1, -0.05) is 32.9 Å². The van der Waals surface area contributed by atoms with Crippen LogP contribution in [0.4, 0.5) is 0 Å². The predicted molar refractivity (Wildman–Crippen MR) is 46.8 cm³/mol. The standard InChI is InChI=1S/C10H14O.Ti/c1-10(2,3)8-4-6-9(11)7-5-8;/h4-7,11H,1-3H3;. The fraction of sp³-hybridized carbons (Fsp3) is 0.400. The topological polar surface area (TPSA) is 20.2 Å². The first-order valence-electron chi connectivity index (χ1n) is 3.79.